The van der Waals surface area contributed by atoms with E-state index in [1.165, 1.54) is 32.1 Å². The Morgan fingerprint density at radius 2 is 1.76 bits per heavy atom. The average Bonchev–Trinajstić information content (AvgIpc) is 2.35. The Kier molecular flexibility index (Phi) is 5.25. The summed E-state index contributed by atoms with van der Waals surface area (Å²) in [6.45, 7) is 8.01. The van der Waals surface area contributed by atoms with E-state index in [1.54, 1.807) is 0 Å². The maximum absolute atomic E-state index is 12.0. The lowest BCUT2D eigenvalue weighted by Gasteiger charge is -2.41. The van der Waals surface area contributed by atoms with Gasteiger partial charge in [-0.2, -0.15) is 0 Å². The van der Waals surface area contributed by atoms with Crippen LogP contribution < -0.4 is 10.6 Å². The molecule has 2 fully saturated rings. The Balaban J connectivity index is 1.74. The van der Waals surface area contributed by atoms with Crippen molar-refractivity contribution < 1.29 is 9.59 Å². The number of hydrogen-bond donors (Lipinski definition) is 2. The summed E-state index contributed by atoms with van der Waals surface area (Å²) in [5, 5.41) is 5.17. The Bertz CT molecular complexity index is 389. The molecule has 0 bridgehead atoms. The highest BCUT2D eigenvalue weighted by Crippen LogP contribution is 2.35. The summed E-state index contributed by atoms with van der Waals surface area (Å²) in [6.07, 6.45) is 6.56. The molecule has 1 aliphatic heterocycles. The highest BCUT2D eigenvalue weighted by Gasteiger charge is 2.31. The van der Waals surface area contributed by atoms with Gasteiger partial charge in [0.25, 0.3) is 0 Å². The Morgan fingerprint density at radius 1 is 1.10 bits per heavy atom. The van der Waals surface area contributed by atoms with Crippen LogP contribution in [0.1, 0.15) is 52.9 Å². The molecule has 120 valence electrons. The van der Waals surface area contributed by atoms with Gasteiger partial charge in [0.15, 0.2) is 0 Å². The summed E-state index contributed by atoms with van der Waals surface area (Å²) in [6, 6.07) is -0.403. The Labute approximate surface area is 127 Å². The molecule has 2 rings (SSSR count). The number of nitrogens with one attached hydrogen (secondary N) is 2. The molecule has 3 amide bonds. The Hall–Kier alpha value is -1.10. The van der Waals surface area contributed by atoms with Gasteiger partial charge in [-0.05, 0) is 52.0 Å². The molecule has 1 saturated carbocycles. The minimum Gasteiger partial charge on any atom is -0.333 e. The van der Waals surface area contributed by atoms with Crippen molar-refractivity contribution in [1.82, 2.24) is 15.5 Å². The fourth-order valence-electron chi connectivity index (χ4n) is 3.56. The van der Waals surface area contributed by atoms with Crippen molar-refractivity contribution in [1.29, 1.82) is 0 Å². The van der Waals surface area contributed by atoms with E-state index in [-0.39, 0.29) is 11.4 Å². The zero-order valence-corrected chi connectivity index (χ0v) is 13.6. The van der Waals surface area contributed by atoms with Crippen molar-refractivity contribution in [3.05, 3.63) is 0 Å². The van der Waals surface area contributed by atoms with Crippen molar-refractivity contribution in [2.45, 2.75) is 58.4 Å². The second-order valence-corrected chi connectivity index (χ2v) is 7.58. The van der Waals surface area contributed by atoms with Crippen molar-refractivity contribution >= 4 is 11.9 Å². The first-order valence-electron chi connectivity index (χ1n) is 8.18. The van der Waals surface area contributed by atoms with Crippen LogP contribution in [0.5, 0.6) is 0 Å². The van der Waals surface area contributed by atoms with Crippen LogP contribution in [0.3, 0.4) is 0 Å². The number of amides is 3. The first-order valence-corrected chi connectivity index (χ1v) is 8.18. The molecule has 0 unspecified atom stereocenters. The number of fused-ring (bicyclic) bond motifs is 1. The van der Waals surface area contributed by atoms with Gasteiger partial charge in [0.1, 0.15) is 0 Å². The molecule has 0 radical (unpaired) electrons. The van der Waals surface area contributed by atoms with E-state index >= 15 is 0 Å². The highest BCUT2D eigenvalue weighted by atomic mass is 16.2. The zero-order chi connectivity index (χ0) is 15.5. The number of imide groups is 1. The van der Waals surface area contributed by atoms with Crippen LogP contribution in [-0.2, 0) is 4.79 Å². The quantitative estimate of drug-likeness (QED) is 0.820. The van der Waals surface area contributed by atoms with Crippen molar-refractivity contribution in [3.63, 3.8) is 0 Å². The number of likely N-dealkylation sites (tertiary alicyclic amines) is 1. The van der Waals surface area contributed by atoms with Gasteiger partial charge in [0, 0.05) is 12.1 Å². The highest BCUT2D eigenvalue weighted by molar-refractivity contribution is 5.95. The zero-order valence-electron chi connectivity index (χ0n) is 13.6. The number of nitrogens with zero attached hydrogens (tertiary/aromatic N) is 1. The van der Waals surface area contributed by atoms with E-state index in [4.69, 9.17) is 0 Å². The number of urea groups is 1. The van der Waals surface area contributed by atoms with E-state index in [0.29, 0.717) is 6.54 Å². The number of hydrogen-bond acceptors (Lipinski definition) is 3. The first-order chi connectivity index (χ1) is 9.83. The molecule has 0 aromatic heterocycles. The third-order valence-corrected chi connectivity index (χ3v) is 4.48. The van der Waals surface area contributed by atoms with Gasteiger partial charge in [-0.1, -0.05) is 19.3 Å². The van der Waals surface area contributed by atoms with Crippen LogP contribution in [0.2, 0.25) is 0 Å². The van der Waals surface area contributed by atoms with Crippen molar-refractivity contribution in [2.24, 2.45) is 11.8 Å². The lowest BCUT2D eigenvalue weighted by Crippen LogP contribution is -2.51. The van der Waals surface area contributed by atoms with Crippen molar-refractivity contribution in [2.75, 3.05) is 19.6 Å². The van der Waals surface area contributed by atoms with E-state index in [9.17, 15) is 9.59 Å². The van der Waals surface area contributed by atoms with Gasteiger partial charge in [-0.3, -0.25) is 15.0 Å². The molecule has 21 heavy (non-hydrogen) atoms. The predicted octanol–water partition coefficient (Wildman–Crippen LogP) is 2.12. The summed E-state index contributed by atoms with van der Waals surface area (Å²) in [5.41, 5.74) is -0.329. The van der Waals surface area contributed by atoms with Gasteiger partial charge in [-0.25, -0.2) is 4.79 Å². The van der Waals surface area contributed by atoms with Gasteiger partial charge in [0.05, 0.1) is 6.54 Å². The van der Waals surface area contributed by atoms with E-state index < -0.39 is 6.03 Å². The fraction of sp³-hybridized carbons (Fsp3) is 0.875. The molecule has 0 spiro atoms. The number of piperidine rings is 1. The van der Waals surface area contributed by atoms with E-state index in [1.807, 2.05) is 20.8 Å². The Morgan fingerprint density at radius 3 is 2.43 bits per heavy atom. The second kappa shape index (κ2) is 6.77. The van der Waals surface area contributed by atoms with Crippen molar-refractivity contribution in [3.8, 4) is 0 Å². The maximum Gasteiger partial charge on any atom is 0.321 e. The summed E-state index contributed by atoms with van der Waals surface area (Å²) in [4.78, 5) is 25.8. The molecule has 2 N–H and O–H groups in total. The summed E-state index contributed by atoms with van der Waals surface area (Å²) in [7, 11) is 0. The lowest BCUT2D eigenvalue weighted by molar-refractivity contribution is -0.121. The molecule has 1 aliphatic carbocycles. The molecular formula is C16H29N3O2. The molecule has 2 atom stereocenters. The molecule has 0 aromatic rings. The fourth-order valence-corrected chi connectivity index (χ4v) is 3.56. The maximum atomic E-state index is 12.0. The average molecular weight is 295 g/mol. The lowest BCUT2D eigenvalue weighted by atomic mass is 9.75. The summed E-state index contributed by atoms with van der Waals surface area (Å²) in [5.74, 6) is 1.41. The van der Waals surface area contributed by atoms with Crippen LogP contribution in [0.15, 0.2) is 0 Å². The largest absolute Gasteiger partial charge is 0.333 e. The van der Waals surface area contributed by atoms with Crippen LogP contribution in [-0.4, -0.2) is 42.0 Å². The predicted molar refractivity (Wildman–Crippen MR) is 82.9 cm³/mol. The van der Waals surface area contributed by atoms with Gasteiger partial charge in [0.2, 0.25) is 5.91 Å². The molecular weight excluding hydrogens is 266 g/mol. The van der Waals surface area contributed by atoms with E-state index in [0.717, 1.165) is 24.9 Å². The SMILES string of the molecule is CC(C)(C)NC(=O)NC(=O)CN1CC[C@H]2CCCC[C@H]2C1. The number of carbonyl (C=O) groups is 2. The standard InChI is InChI=1S/C16H29N3O2/c1-16(2,3)18-15(21)17-14(20)11-19-9-8-12-6-4-5-7-13(12)10-19/h12-13H,4-11H2,1-3H3,(H2,17,18,20,21)/t12-,13+/m1/s1. The van der Waals surface area contributed by atoms with Crippen LogP contribution >= 0.6 is 0 Å². The third-order valence-electron chi connectivity index (χ3n) is 4.48. The first kappa shape index (κ1) is 16.3. The molecule has 0 aromatic carbocycles. The van der Waals surface area contributed by atoms with E-state index in [2.05, 4.69) is 15.5 Å². The number of rotatable bonds is 2. The minimum atomic E-state index is -0.403. The number of carbonyl (C=O) groups excluding carboxylic acids is 2. The topological polar surface area (TPSA) is 61.4 Å². The van der Waals surface area contributed by atoms with Gasteiger partial charge < -0.3 is 5.32 Å². The molecule has 5 nitrogen and oxygen atoms in total. The summed E-state index contributed by atoms with van der Waals surface area (Å²) >= 11 is 0. The van der Waals surface area contributed by atoms with Gasteiger partial charge in [-0.15, -0.1) is 0 Å². The van der Waals surface area contributed by atoms with Gasteiger partial charge >= 0.3 is 6.03 Å². The minimum absolute atomic E-state index is 0.203. The molecule has 5 heteroatoms. The van der Waals surface area contributed by atoms with Crippen LogP contribution in [0.25, 0.3) is 0 Å². The normalized spacial score (nSPS) is 26.8. The second-order valence-electron chi connectivity index (χ2n) is 7.58. The van der Waals surface area contributed by atoms with Crippen LogP contribution in [0, 0.1) is 11.8 Å². The molecule has 2 aliphatic rings. The smallest absolute Gasteiger partial charge is 0.321 e. The third kappa shape index (κ3) is 5.30. The monoisotopic (exact) mass is 295 g/mol. The molecule has 1 heterocycles. The molecule has 1 saturated heterocycles. The summed E-state index contributed by atoms with van der Waals surface area (Å²) < 4.78 is 0. The van der Waals surface area contributed by atoms with Crippen LogP contribution in [0.4, 0.5) is 4.79 Å².